The molecule has 1 aromatic carbocycles. The largest absolute Gasteiger partial charge is 0.178 e. The lowest BCUT2D eigenvalue weighted by Crippen LogP contribution is -1.93. The first-order valence-electron chi connectivity index (χ1n) is 6.40. The standard InChI is InChI=1S/C17H18FN/c1-5-13-14(6-2)17(19(18)16(13)7-3)15-11-9-8-10-12(15)4/h5,7-11H,1,3,6H2,2,4H3. The van der Waals surface area contributed by atoms with E-state index in [1.165, 1.54) is 6.08 Å². The van der Waals surface area contributed by atoms with Crippen LogP contribution in [-0.2, 0) is 6.42 Å². The summed E-state index contributed by atoms with van der Waals surface area (Å²) in [6, 6.07) is 7.82. The van der Waals surface area contributed by atoms with Crippen LogP contribution in [0.4, 0.5) is 4.48 Å². The van der Waals surface area contributed by atoms with Gasteiger partial charge in [0.15, 0.2) is 0 Å². The van der Waals surface area contributed by atoms with Gasteiger partial charge in [-0.05, 0) is 30.5 Å². The van der Waals surface area contributed by atoms with Crippen molar-refractivity contribution in [3.8, 4) is 11.3 Å². The molecule has 0 aliphatic carbocycles. The number of aromatic nitrogens is 1. The average molecular weight is 255 g/mol. The Kier molecular flexibility index (Phi) is 3.70. The van der Waals surface area contributed by atoms with Crippen molar-refractivity contribution in [1.29, 1.82) is 0 Å². The molecule has 2 rings (SSSR count). The van der Waals surface area contributed by atoms with Gasteiger partial charge in [0, 0.05) is 11.1 Å². The first kappa shape index (κ1) is 13.3. The maximum atomic E-state index is 14.6. The summed E-state index contributed by atoms with van der Waals surface area (Å²) in [5.74, 6) is 0. The smallest absolute Gasteiger partial charge is 0.0860 e. The second-order valence-electron chi connectivity index (χ2n) is 4.48. The third-order valence-electron chi connectivity index (χ3n) is 3.45. The fourth-order valence-electron chi connectivity index (χ4n) is 2.51. The predicted molar refractivity (Wildman–Crippen MR) is 80.7 cm³/mol. The van der Waals surface area contributed by atoms with Gasteiger partial charge in [-0.1, -0.05) is 54.9 Å². The molecule has 0 saturated carbocycles. The van der Waals surface area contributed by atoms with Crippen molar-refractivity contribution in [2.24, 2.45) is 0 Å². The molecular formula is C17H18FN. The van der Waals surface area contributed by atoms with Crippen LogP contribution in [0.2, 0.25) is 0 Å². The van der Waals surface area contributed by atoms with Gasteiger partial charge in [0.2, 0.25) is 0 Å². The Balaban J connectivity index is 2.84. The second kappa shape index (κ2) is 5.27. The molecule has 1 aromatic heterocycles. The van der Waals surface area contributed by atoms with E-state index in [1.54, 1.807) is 6.08 Å². The van der Waals surface area contributed by atoms with Crippen LogP contribution in [-0.4, -0.2) is 4.79 Å². The number of rotatable bonds is 4. The molecular weight excluding hydrogens is 237 g/mol. The van der Waals surface area contributed by atoms with Crippen molar-refractivity contribution in [3.63, 3.8) is 0 Å². The lowest BCUT2D eigenvalue weighted by Gasteiger charge is -2.08. The highest BCUT2D eigenvalue weighted by Crippen LogP contribution is 2.35. The van der Waals surface area contributed by atoms with Gasteiger partial charge in [0.05, 0.1) is 11.4 Å². The van der Waals surface area contributed by atoms with Crippen LogP contribution in [0.5, 0.6) is 0 Å². The van der Waals surface area contributed by atoms with Crippen molar-refractivity contribution >= 4 is 12.2 Å². The first-order valence-corrected chi connectivity index (χ1v) is 6.40. The second-order valence-corrected chi connectivity index (χ2v) is 4.48. The zero-order chi connectivity index (χ0) is 14.0. The molecule has 2 aromatic rings. The van der Waals surface area contributed by atoms with E-state index in [0.29, 0.717) is 11.4 Å². The Morgan fingerprint density at radius 1 is 1.21 bits per heavy atom. The molecule has 0 spiro atoms. The Morgan fingerprint density at radius 2 is 1.89 bits per heavy atom. The molecule has 0 bridgehead atoms. The number of benzene rings is 1. The SMILES string of the molecule is C=Cc1c(CC)c(-c2ccccc2C)n(F)c1C=C. The van der Waals surface area contributed by atoms with Gasteiger partial charge in [0.25, 0.3) is 0 Å². The van der Waals surface area contributed by atoms with Gasteiger partial charge in [-0.3, -0.25) is 0 Å². The number of aryl methyl sites for hydroxylation is 1. The summed E-state index contributed by atoms with van der Waals surface area (Å²) in [5, 5.41) is 0. The maximum Gasteiger partial charge on any atom is 0.0860 e. The van der Waals surface area contributed by atoms with Crippen molar-refractivity contribution in [2.75, 3.05) is 0 Å². The third kappa shape index (κ3) is 2.03. The molecule has 0 fully saturated rings. The van der Waals surface area contributed by atoms with E-state index in [0.717, 1.165) is 33.5 Å². The van der Waals surface area contributed by atoms with Gasteiger partial charge in [-0.2, -0.15) is 4.79 Å². The Labute approximate surface area is 113 Å². The molecule has 0 atom stereocenters. The van der Waals surface area contributed by atoms with Crippen LogP contribution >= 0.6 is 0 Å². The topological polar surface area (TPSA) is 4.93 Å². The van der Waals surface area contributed by atoms with E-state index in [-0.39, 0.29) is 0 Å². The van der Waals surface area contributed by atoms with Crippen molar-refractivity contribution in [1.82, 2.24) is 4.79 Å². The summed E-state index contributed by atoms with van der Waals surface area (Å²) < 4.78 is 14.6. The van der Waals surface area contributed by atoms with Crippen molar-refractivity contribution in [2.45, 2.75) is 20.3 Å². The zero-order valence-corrected chi connectivity index (χ0v) is 11.4. The fraction of sp³-hybridized carbons (Fsp3) is 0.176. The van der Waals surface area contributed by atoms with Crippen LogP contribution in [0, 0.1) is 6.92 Å². The lowest BCUT2D eigenvalue weighted by molar-refractivity contribution is 0.373. The number of hydrogen-bond acceptors (Lipinski definition) is 0. The van der Waals surface area contributed by atoms with Crippen LogP contribution in [0.3, 0.4) is 0 Å². The van der Waals surface area contributed by atoms with Gasteiger partial charge >= 0.3 is 0 Å². The average Bonchev–Trinajstić information content (AvgIpc) is 2.70. The van der Waals surface area contributed by atoms with E-state index in [9.17, 15) is 4.48 Å². The first-order chi connectivity index (χ1) is 9.15. The summed E-state index contributed by atoms with van der Waals surface area (Å²) in [4.78, 5) is 0.727. The molecule has 0 amide bonds. The van der Waals surface area contributed by atoms with Crippen molar-refractivity contribution < 1.29 is 4.48 Å². The van der Waals surface area contributed by atoms with E-state index in [2.05, 4.69) is 13.2 Å². The zero-order valence-electron chi connectivity index (χ0n) is 11.4. The fourth-order valence-corrected chi connectivity index (χ4v) is 2.51. The van der Waals surface area contributed by atoms with E-state index < -0.39 is 0 Å². The minimum absolute atomic E-state index is 0.477. The van der Waals surface area contributed by atoms with E-state index in [4.69, 9.17) is 0 Å². The summed E-state index contributed by atoms with van der Waals surface area (Å²) in [6.45, 7) is 11.5. The summed E-state index contributed by atoms with van der Waals surface area (Å²) in [5.41, 5.74) is 4.87. The van der Waals surface area contributed by atoms with E-state index >= 15 is 0 Å². The molecule has 0 unspecified atom stereocenters. The Morgan fingerprint density at radius 3 is 2.42 bits per heavy atom. The number of halogens is 1. The molecule has 0 N–H and O–H groups in total. The molecule has 1 heterocycles. The quantitative estimate of drug-likeness (QED) is 0.721. The monoisotopic (exact) mass is 255 g/mol. The number of hydrogen-bond donors (Lipinski definition) is 0. The molecule has 98 valence electrons. The van der Waals surface area contributed by atoms with Gasteiger partial charge in [-0.15, -0.1) is 0 Å². The van der Waals surface area contributed by atoms with E-state index in [1.807, 2.05) is 38.1 Å². The van der Waals surface area contributed by atoms with Crippen LogP contribution in [0.1, 0.15) is 29.3 Å². The van der Waals surface area contributed by atoms with Gasteiger partial charge in [-0.25, -0.2) is 0 Å². The normalized spacial score (nSPS) is 10.5. The van der Waals surface area contributed by atoms with Gasteiger partial charge < -0.3 is 0 Å². The maximum absolute atomic E-state index is 14.6. The highest BCUT2D eigenvalue weighted by atomic mass is 19.2. The molecule has 19 heavy (non-hydrogen) atoms. The summed E-state index contributed by atoms with van der Waals surface area (Å²) >= 11 is 0. The van der Waals surface area contributed by atoms with Gasteiger partial charge in [0.1, 0.15) is 0 Å². The molecule has 0 aliphatic heterocycles. The molecule has 2 heteroatoms. The molecule has 1 nitrogen and oxygen atoms in total. The minimum atomic E-state index is 0.477. The van der Waals surface area contributed by atoms with Crippen LogP contribution < -0.4 is 0 Å². The summed E-state index contributed by atoms with van der Waals surface area (Å²) in [6.07, 6.45) is 3.99. The van der Waals surface area contributed by atoms with Crippen LogP contribution in [0.25, 0.3) is 23.4 Å². The minimum Gasteiger partial charge on any atom is -0.178 e. The van der Waals surface area contributed by atoms with Crippen LogP contribution in [0.15, 0.2) is 37.4 Å². The third-order valence-corrected chi connectivity index (χ3v) is 3.45. The highest BCUT2D eigenvalue weighted by molar-refractivity contribution is 5.78. The van der Waals surface area contributed by atoms with Crippen molar-refractivity contribution in [3.05, 3.63) is 59.8 Å². The summed E-state index contributed by atoms with van der Waals surface area (Å²) in [7, 11) is 0. The molecule has 0 aliphatic rings. The Bertz CT molecular complexity index is 635. The molecule has 0 radical (unpaired) electrons. The number of nitrogens with zero attached hydrogens (tertiary/aromatic N) is 1. The lowest BCUT2D eigenvalue weighted by atomic mass is 9.99. The predicted octanol–water partition coefficient (Wildman–Crippen LogP) is 5.04. The Hall–Kier alpha value is -2.09. The highest BCUT2D eigenvalue weighted by Gasteiger charge is 2.20. The molecule has 0 saturated heterocycles.